The predicted molar refractivity (Wildman–Crippen MR) is 76.5 cm³/mol. The fraction of sp³-hybridized carbons (Fsp3) is 0.312. The Balaban J connectivity index is 1.30. The van der Waals surface area contributed by atoms with Gasteiger partial charge in [-0.05, 0) is 23.8 Å². The number of pyridine rings is 1. The summed E-state index contributed by atoms with van der Waals surface area (Å²) in [6, 6.07) is 9.78. The highest BCUT2D eigenvalue weighted by Gasteiger charge is 2.28. The topological polar surface area (TPSA) is 43.8 Å². The summed E-state index contributed by atoms with van der Waals surface area (Å²) < 4.78 is 16.6. The summed E-state index contributed by atoms with van der Waals surface area (Å²) in [5.74, 6) is 2.39. The first-order valence-electron chi connectivity index (χ1n) is 7.04. The van der Waals surface area contributed by atoms with Gasteiger partial charge in [-0.2, -0.15) is 0 Å². The van der Waals surface area contributed by atoms with Gasteiger partial charge in [0, 0.05) is 38.1 Å². The smallest absolute Gasteiger partial charge is 0.231 e. The van der Waals surface area contributed by atoms with Crippen molar-refractivity contribution in [3.05, 3.63) is 48.3 Å². The van der Waals surface area contributed by atoms with Crippen LogP contribution in [0.2, 0.25) is 0 Å². The minimum Gasteiger partial charge on any atom is -0.488 e. The van der Waals surface area contributed by atoms with Gasteiger partial charge in [-0.3, -0.25) is 9.88 Å². The van der Waals surface area contributed by atoms with Crippen molar-refractivity contribution >= 4 is 0 Å². The van der Waals surface area contributed by atoms with Crippen molar-refractivity contribution in [2.24, 2.45) is 0 Å². The van der Waals surface area contributed by atoms with E-state index in [0.717, 1.165) is 36.9 Å². The largest absolute Gasteiger partial charge is 0.488 e. The molecule has 1 aromatic heterocycles. The van der Waals surface area contributed by atoms with Crippen LogP contribution in [0.15, 0.2) is 42.7 Å². The van der Waals surface area contributed by atoms with Crippen LogP contribution >= 0.6 is 0 Å². The lowest BCUT2D eigenvalue weighted by atomic mass is 10.1. The van der Waals surface area contributed by atoms with Crippen LogP contribution in [-0.4, -0.2) is 35.9 Å². The van der Waals surface area contributed by atoms with E-state index >= 15 is 0 Å². The van der Waals surface area contributed by atoms with Gasteiger partial charge in [0.15, 0.2) is 11.5 Å². The normalized spacial score (nSPS) is 17.5. The molecule has 0 unspecified atom stereocenters. The quantitative estimate of drug-likeness (QED) is 0.860. The SMILES string of the molecule is c1cncc(CN2CC(Oc3ccc4c(c3)OCO4)C2)c1. The van der Waals surface area contributed by atoms with E-state index in [0.29, 0.717) is 6.79 Å². The first-order valence-corrected chi connectivity index (χ1v) is 7.04. The first-order chi connectivity index (χ1) is 10.4. The van der Waals surface area contributed by atoms with Gasteiger partial charge >= 0.3 is 0 Å². The van der Waals surface area contributed by atoms with Gasteiger partial charge in [0.2, 0.25) is 6.79 Å². The average Bonchev–Trinajstić information content (AvgIpc) is 2.93. The molecule has 3 heterocycles. The lowest BCUT2D eigenvalue weighted by Crippen LogP contribution is -2.53. The van der Waals surface area contributed by atoms with Crippen LogP contribution in [0.4, 0.5) is 0 Å². The molecule has 5 heteroatoms. The molecule has 0 saturated carbocycles. The summed E-state index contributed by atoms with van der Waals surface area (Å²) in [5, 5.41) is 0. The predicted octanol–water partition coefficient (Wildman–Crippen LogP) is 2.07. The van der Waals surface area contributed by atoms with Crippen molar-refractivity contribution in [3.8, 4) is 17.2 Å². The van der Waals surface area contributed by atoms with E-state index in [1.54, 1.807) is 6.20 Å². The van der Waals surface area contributed by atoms with Crippen LogP contribution in [0.5, 0.6) is 17.2 Å². The molecule has 0 N–H and O–H groups in total. The molecule has 2 aromatic rings. The molecule has 5 nitrogen and oxygen atoms in total. The highest BCUT2D eigenvalue weighted by molar-refractivity contribution is 5.47. The Bertz CT molecular complexity index is 627. The molecule has 1 fully saturated rings. The molecular formula is C16H16N2O3. The van der Waals surface area contributed by atoms with Crippen LogP contribution in [-0.2, 0) is 6.54 Å². The van der Waals surface area contributed by atoms with Crippen molar-refractivity contribution in [1.82, 2.24) is 9.88 Å². The van der Waals surface area contributed by atoms with E-state index in [1.807, 2.05) is 30.5 Å². The number of hydrogen-bond acceptors (Lipinski definition) is 5. The number of benzene rings is 1. The number of ether oxygens (including phenoxy) is 3. The summed E-state index contributed by atoms with van der Waals surface area (Å²) >= 11 is 0. The Morgan fingerprint density at radius 1 is 1.19 bits per heavy atom. The van der Waals surface area contributed by atoms with E-state index in [4.69, 9.17) is 14.2 Å². The summed E-state index contributed by atoms with van der Waals surface area (Å²) in [6.45, 7) is 3.09. The number of aromatic nitrogens is 1. The lowest BCUT2D eigenvalue weighted by molar-refractivity contribution is 0.0144. The maximum Gasteiger partial charge on any atom is 0.231 e. The summed E-state index contributed by atoms with van der Waals surface area (Å²) in [6.07, 6.45) is 3.94. The minimum atomic E-state index is 0.238. The van der Waals surface area contributed by atoms with Crippen LogP contribution in [0, 0.1) is 0 Å². The summed E-state index contributed by atoms with van der Waals surface area (Å²) in [5.41, 5.74) is 1.24. The van der Waals surface area contributed by atoms with Gasteiger partial charge in [0.1, 0.15) is 11.9 Å². The highest BCUT2D eigenvalue weighted by Crippen LogP contribution is 2.35. The third-order valence-corrected chi connectivity index (χ3v) is 3.70. The van der Waals surface area contributed by atoms with Crippen molar-refractivity contribution in [3.63, 3.8) is 0 Å². The van der Waals surface area contributed by atoms with Gasteiger partial charge < -0.3 is 14.2 Å². The highest BCUT2D eigenvalue weighted by atomic mass is 16.7. The molecule has 108 valence electrons. The zero-order valence-corrected chi connectivity index (χ0v) is 11.6. The zero-order valence-electron chi connectivity index (χ0n) is 11.6. The van der Waals surface area contributed by atoms with Crippen LogP contribution in [0.25, 0.3) is 0 Å². The third kappa shape index (κ3) is 2.64. The molecule has 4 rings (SSSR count). The molecule has 21 heavy (non-hydrogen) atoms. The maximum absolute atomic E-state index is 5.95. The lowest BCUT2D eigenvalue weighted by Gasteiger charge is -2.38. The van der Waals surface area contributed by atoms with Crippen molar-refractivity contribution in [2.75, 3.05) is 19.9 Å². The Hall–Kier alpha value is -2.27. The number of nitrogens with zero attached hydrogens (tertiary/aromatic N) is 2. The van der Waals surface area contributed by atoms with E-state index in [9.17, 15) is 0 Å². The van der Waals surface area contributed by atoms with Gasteiger partial charge in [0.05, 0.1) is 0 Å². The molecule has 0 bridgehead atoms. The summed E-state index contributed by atoms with van der Waals surface area (Å²) in [4.78, 5) is 6.47. The first kappa shape index (κ1) is 12.5. The second kappa shape index (κ2) is 5.26. The number of hydrogen-bond donors (Lipinski definition) is 0. The Kier molecular flexibility index (Phi) is 3.12. The van der Waals surface area contributed by atoms with Gasteiger partial charge in [-0.25, -0.2) is 0 Å². The Morgan fingerprint density at radius 2 is 2.10 bits per heavy atom. The molecule has 0 amide bonds. The van der Waals surface area contributed by atoms with Crippen molar-refractivity contribution in [1.29, 1.82) is 0 Å². The third-order valence-electron chi connectivity index (χ3n) is 3.70. The van der Waals surface area contributed by atoms with Crippen molar-refractivity contribution < 1.29 is 14.2 Å². The van der Waals surface area contributed by atoms with Gasteiger partial charge in [-0.15, -0.1) is 0 Å². The fourth-order valence-corrected chi connectivity index (χ4v) is 2.62. The fourth-order valence-electron chi connectivity index (χ4n) is 2.62. The number of likely N-dealkylation sites (tertiary alicyclic amines) is 1. The zero-order chi connectivity index (χ0) is 14.1. The molecule has 0 aliphatic carbocycles. The number of rotatable bonds is 4. The summed E-state index contributed by atoms with van der Waals surface area (Å²) in [7, 11) is 0. The standard InChI is InChI=1S/C16H16N2O3/c1-2-12(7-17-5-1)8-18-9-14(10-18)21-13-3-4-15-16(6-13)20-11-19-15/h1-7,14H,8-11H2. The second-order valence-electron chi connectivity index (χ2n) is 5.31. The van der Waals surface area contributed by atoms with E-state index in [1.165, 1.54) is 5.56 Å². The monoisotopic (exact) mass is 284 g/mol. The Labute approximate surface area is 123 Å². The molecule has 2 aliphatic heterocycles. The van der Waals surface area contributed by atoms with Gasteiger partial charge in [0.25, 0.3) is 0 Å². The van der Waals surface area contributed by atoms with Crippen LogP contribution in [0.1, 0.15) is 5.56 Å². The Morgan fingerprint density at radius 3 is 2.95 bits per heavy atom. The molecule has 0 spiro atoms. The van der Waals surface area contributed by atoms with E-state index in [-0.39, 0.29) is 6.10 Å². The van der Waals surface area contributed by atoms with Crippen LogP contribution < -0.4 is 14.2 Å². The molecular weight excluding hydrogens is 268 g/mol. The molecule has 0 radical (unpaired) electrons. The molecule has 1 aromatic carbocycles. The molecule has 1 saturated heterocycles. The van der Waals surface area contributed by atoms with Gasteiger partial charge in [-0.1, -0.05) is 6.07 Å². The van der Waals surface area contributed by atoms with E-state index in [2.05, 4.69) is 16.0 Å². The van der Waals surface area contributed by atoms with Crippen molar-refractivity contribution in [2.45, 2.75) is 12.6 Å². The van der Waals surface area contributed by atoms with E-state index < -0.39 is 0 Å². The average molecular weight is 284 g/mol. The molecule has 0 atom stereocenters. The number of fused-ring (bicyclic) bond motifs is 1. The minimum absolute atomic E-state index is 0.238. The second-order valence-corrected chi connectivity index (χ2v) is 5.31. The van der Waals surface area contributed by atoms with Crippen LogP contribution in [0.3, 0.4) is 0 Å². The maximum atomic E-state index is 5.95. The molecule has 2 aliphatic rings.